The number of hydrogen-bond acceptors (Lipinski definition) is 3. The van der Waals surface area contributed by atoms with Crippen molar-refractivity contribution in [1.29, 1.82) is 0 Å². The van der Waals surface area contributed by atoms with Crippen molar-refractivity contribution >= 4 is 5.96 Å². The van der Waals surface area contributed by atoms with E-state index in [4.69, 9.17) is 5.84 Å². The zero-order valence-corrected chi connectivity index (χ0v) is 8.26. The van der Waals surface area contributed by atoms with E-state index in [2.05, 4.69) is 27.6 Å². The van der Waals surface area contributed by atoms with Crippen LogP contribution in [-0.4, -0.2) is 44.6 Å². The summed E-state index contributed by atoms with van der Waals surface area (Å²) in [6.07, 6.45) is 0. The third-order valence-electron chi connectivity index (χ3n) is 1.81. The molecule has 1 unspecified atom stereocenters. The van der Waals surface area contributed by atoms with Crippen LogP contribution in [0.1, 0.15) is 6.92 Å². The van der Waals surface area contributed by atoms with Gasteiger partial charge in [-0.15, -0.1) is 0 Å². The van der Waals surface area contributed by atoms with Crippen LogP contribution in [0.25, 0.3) is 0 Å². The first-order valence-electron chi connectivity index (χ1n) is 3.95. The molecular formula is C7H19N5. The first-order chi connectivity index (χ1) is 5.61. The summed E-state index contributed by atoms with van der Waals surface area (Å²) in [6, 6.07) is 0.454. The van der Waals surface area contributed by atoms with Gasteiger partial charge in [0.25, 0.3) is 0 Å². The smallest absolute Gasteiger partial charge is 0.205 e. The molecule has 0 saturated carbocycles. The van der Waals surface area contributed by atoms with Gasteiger partial charge in [0.1, 0.15) is 0 Å². The average molecular weight is 173 g/mol. The summed E-state index contributed by atoms with van der Waals surface area (Å²) in [4.78, 5) is 6.01. The SMILES string of the molecule is CN=C(NN)NCC(C)N(C)C. The van der Waals surface area contributed by atoms with E-state index in [1.807, 2.05) is 14.1 Å². The number of likely N-dealkylation sites (N-methyl/N-ethyl adjacent to an activating group) is 1. The Morgan fingerprint density at radius 3 is 2.50 bits per heavy atom. The van der Waals surface area contributed by atoms with Crippen molar-refractivity contribution in [1.82, 2.24) is 15.6 Å². The highest BCUT2D eigenvalue weighted by atomic mass is 15.3. The summed E-state index contributed by atoms with van der Waals surface area (Å²) in [5.41, 5.74) is 2.47. The number of aliphatic imine (C=N–C) groups is 1. The Hall–Kier alpha value is -0.810. The third-order valence-corrected chi connectivity index (χ3v) is 1.81. The highest BCUT2D eigenvalue weighted by Crippen LogP contribution is 1.87. The van der Waals surface area contributed by atoms with Crippen LogP contribution in [-0.2, 0) is 0 Å². The predicted molar refractivity (Wildman–Crippen MR) is 51.8 cm³/mol. The van der Waals surface area contributed by atoms with E-state index in [-0.39, 0.29) is 0 Å². The van der Waals surface area contributed by atoms with Crippen LogP contribution in [0.5, 0.6) is 0 Å². The molecule has 72 valence electrons. The van der Waals surface area contributed by atoms with Crippen molar-refractivity contribution in [2.75, 3.05) is 27.7 Å². The van der Waals surface area contributed by atoms with E-state index in [9.17, 15) is 0 Å². The van der Waals surface area contributed by atoms with Gasteiger partial charge < -0.3 is 10.2 Å². The lowest BCUT2D eigenvalue weighted by atomic mass is 10.3. The largest absolute Gasteiger partial charge is 0.354 e. The molecule has 0 bridgehead atoms. The molecule has 0 aliphatic heterocycles. The van der Waals surface area contributed by atoms with Crippen molar-refractivity contribution in [3.05, 3.63) is 0 Å². The summed E-state index contributed by atoms with van der Waals surface area (Å²) in [6.45, 7) is 2.95. The van der Waals surface area contributed by atoms with Crippen LogP contribution in [0.15, 0.2) is 4.99 Å². The zero-order valence-electron chi connectivity index (χ0n) is 8.26. The fraction of sp³-hybridized carbons (Fsp3) is 0.857. The molecule has 0 rings (SSSR count). The number of guanidine groups is 1. The molecule has 0 fully saturated rings. The normalized spacial score (nSPS) is 14.7. The quantitative estimate of drug-likeness (QED) is 0.221. The standard InChI is InChI=1S/C7H19N5/c1-6(12(3)4)5-10-7(9-2)11-8/h6H,5,8H2,1-4H3,(H2,9,10,11). The summed E-state index contributed by atoms with van der Waals surface area (Å²) in [7, 11) is 5.75. The van der Waals surface area contributed by atoms with Gasteiger partial charge in [0.05, 0.1) is 0 Å². The second-order valence-corrected chi connectivity index (χ2v) is 2.91. The summed E-state index contributed by atoms with van der Waals surface area (Å²) >= 11 is 0. The molecular weight excluding hydrogens is 154 g/mol. The molecule has 0 heterocycles. The number of nitrogens with two attached hydrogens (primary N) is 1. The highest BCUT2D eigenvalue weighted by molar-refractivity contribution is 5.78. The summed E-state index contributed by atoms with van der Waals surface area (Å²) < 4.78 is 0. The molecule has 12 heavy (non-hydrogen) atoms. The fourth-order valence-corrected chi connectivity index (χ4v) is 0.622. The van der Waals surface area contributed by atoms with E-state index in [0.717, 1.165) is 6.54 Å². The van der Waals surface area contributed by atoms with Gasteiger partial charge in [-0.1, -0.05) is 0 Å². The van der Waals surface area contributed by atoms with Gasteiger partial charge in [-0.3, -0.25) is 10.4 Å². The van der Waals surface area contributed by atoms with Crippen LogP contribution in [0.2, 0.25) is 0 Å². The minimum absolute atomic E-state index is 0.454. The van der Waals surface area contributed by atoms with Crippen molar-refractivity contribution in [2.45, 2.75) is 13.0 Å². The van der Waals surface area contributed by atoms with Crippen LogP contribution >= 0.6 is 0 Å². The maximum atomic E-state index is 5.19. The van der Waals surface area contributed by atoms with E-state index in [0.29, 0.717) is 12.0 Å². The maximum absolute atomic E-state index is 5.19. The first kappa shape index (κ1) is 11.2. The maximum Gasteiger partial charge on any atom is 0.205 e. The van der Waals surface area contributed by atoms with Crippen LogP contribution in [0.4, 0.5) is 0 Å². The average Bonchev–Trinajstić information content (AvgIpc) is 2.05. The van der Waals surface area contributed by atoms with Gasteiger partial charge in [-0.05, 0) is 21.0 Å². The fourth-order valence-electron chi connectivity index (χ4n) is 0.622. The summed E-state index contributed by atoms with van der Waals surface area (Å²) in [5, 5.41) is 3.07. The molecule has 5 nitrogen and oxygen atoms in total. The lowest BCUT2D eigenvalue weighted by Gasteiger charge is -2.20. The number of rotatable bonds is 3. The third kappa shape index (κ3) is 4.15. The van der Waals surface area contributed by atoms with Crippen molar-refractivity contribution in [3.63, 3.8) is 0 Å². The zero-order chi connectivity index (χ0) is 9.56. The molecule has 0 amide bonds. The van der Waals surface area contributed by atoms with Crippen LogP contribution in [0.3, 0.4) is 0 Å². The molecule has 5 heteroatoms. The van der Waals surface area contributed by atoms with E-state index in [1.54, 1.807) is 7.05 Å². The number of hydrogen-bond donors (Lipinski definition) is 3. The van der Waals surface area contributed by atoms with Gasteiger partial charge >= 0.3 is 0 Å². The van der Waals surface area contributed by atoms with Crippen molar-refractivity contribution < 1.29 is 0 Å². The lowest BCUT2D eigenvalue weighted by Crippen LogP contribution is -2.46. The summed E-state index contributed by atoms with van der Waals surface area (Å²) in [5.74, 6) is 5.80. The van der Waals surface area contributed by atoms with E-state index >= 15 is 0 Å². The number of hydrazine groups is 1. The Balaban J connectivity index is 3.67. The van der Waals surface area contributed by atoms with Gasteiger partial charge in [0.15, 0.2) is 0 Å². The Morgan fingerprint density at radius 1 is 1.58 bits per heavy atom. The monoisotopic (exact) mass is 173 g/mol. The molecule has 0 aliphatic rings. The second kappa shape index (κ2) is 5.79. The minimum Gasteiger partial charge on any atom is -0.354 e. The van der Waals surface area contributed by atoms with Gasteiger partial charge in [0.2, 0.25) is 5.96 Å². The molecule has 0 aliphatic carbocycles. The van der Waals surface area contributed by atoms with E-state index < -0.39 is 0 Å². The molecule has 0 radical (unpaired) electrons. The molecule has 4 N–H and O–H groups in total. The van der Waals surface area contributed by atoms with Crippen molar-refractivity contribution in [2.24, 2.45) is 10.8 Å². The van der Waals surface area contributed by atoms with Gasteiger partial charge in [0, 0.05) is 19.6 Å². The number of nitrogens with zero attached hydrogens (tertiary/aromatic N) is 2. The topological polar surface area (TPSA) is 65.7 Å². The molecule has 0 spiro atoms. The Morgan fingerprint density at radius 2 is 2.17 bits per heavy atom. The van der Waals surface area contributed by atoms with Gasteiger partial charge in [-0.25, -0.2) is 5.84 Å². The molecule has 0 aromatic heterocycles. The van der Waals surface area contributed by atoms with Crippen LogP contribution in [0, 0.1) is 0 Å². The van der Waals surface area contributed by atoms with Gasteiger partial charge in [-0.2, -0.15) is 0 Å². The Kier molecular flexibility index (Phi) is 5.40. The Bertz CT molecular complexity index is 143. The lowest BCUT2D eigenvalue weighted by molar-refractivity contribution is 0.312. The van der Waals surface area contributed by atoms with Crippen LogP contribution < -0.4 is 16.6 Å². The highest BCUT2D eigenvalue weighted by Gasteiger charge is 2.03. The second-order valence-electron chi connectivity index (χ2n) is 2.91. The van der Waals surface area contributed by atoms with E-state index in [1.165, 1.54) is 0 Å². The molecule has 0 aromatic carbocycles. The molecule has 1 atom stereocenters. The van der Waals surface area contributed by atoms with Crippen molar-refractivity contribution in [3.8, 4) is 0 Å². The predicted octanol–water partition coefficient (Wildman–Crippen LogP) is -1.02. The first-order valence-corrected chi connectivity index (χ1v) is 3.95. The Labute approximate surface area is 74.0 Å². The minimum atomic E-state index is 0.454. The molecule has 0 saturated heterocycles. The molecule has 0 aromatic rings. The number of nitrogens with one attached hydrogen (secondary N) is 2.